The lowest BCUT2D eigenvalue weighted by atomic mass is 9.77. The van der Waals surface area contributed by atoms with Crippen LogP contribution in [0.5, 0.6) is 0 Å². The third-order valence-electron chi connectivity index (χ3n) is 4.14. The van der Waals surface area contributed by atoms with Gasteiger partial charge in [-0.2, -0.15) is 0 Å². The molecule has 0 aromatic rings. The predicted octanol–water partition coefficient (Wildman–Crippen LogP) is 4.26. The van der Waals surface area contributed by atoms with E-state index in [4.69, 9.17) is 5.73 Å². The molecule has 0 saturated heterocycles. The summed E-state index contributed by atoms with van der Waals surface area (Å²) >= 11 is 0. The molecule has 0 bridgehead atoms. The van der Waals surface area contributed by atoms with Gasteiger partial charge in [0.25, 0.3) is 0 Å². The van der Waals surface area contributed by atoms with Gasteiger partial charge in [-0.15, -0.1) is 0 Å². The number of hydrogen-bond acceptors (Lipinski definition) is 1. The highest BCUT2D eigenvalue weighted by atomic mass is 14.5. The quantitative estimate of drug-likeness (QED) is 0.597. The van der Waals surface area contributed by atoms with Gasteiger partial charge >= 0.3 is 0 Å². The van der Waals surface area contributed by atoms with Crippen LogP contribution in [0.15, 0.2) is 0 Å². The predicted molar refractivity (Wildman–Crippen MR) is 67.9 cm³/mol. The Labute approximate surface area is 95.8 Å². The fraction of sp³-hybridized carbons (Fsp3) is 1.00. The van der Waals surface area contributed by atoms with E-state index in [1.165, 1.54) is 70.6 Å². The molecule has 0 atom stereocenters. The molecule has 15 heavy (non-hydrogen) atoms. The van der Waals surface area contributed by atoms with Gasteiger partial charge in [0.15, 0.2) is 0 Å². The molecular formula is C14H29N. The molecule has 1 saturated carbocycles. The molecule has 0 aromatic heterocycles. The zero-order valence-corrected chi connectivity index (χ0v) is 10.6. The molecule has 0 radical (unpaired) electrons. The van der Waals surface area contributed by atoms with Crippen LogP contribution in [-0.2, 0) is 0 Å². The van der Waals surface area contributed by atoms with Crippen LogP contribution in [-0.4, -0.2) is 6.54 Å². The van der Waals surface area contributed by atoms with E-state index in [1.807, 2.05) is 0 Å². The van der Waals surface area contributed by atoms with Crippen LogP contribution in [0.2, 0.25) is 0 Å². The Kier molecular flexibility index (Phi) is 6.31. The highest BCUT2D eigenvalue weighted by Crippen LogP contribution is 2.46. The third-order valence-corrected chi connectivity index (χ3v) is 4.14. The van der Waals surface area contributed by atoms with Crippen molar-refractivity contribution in [2.75, 3.05) is 6.54 Å². The summed E-state index contributed by atoms with van der Waals surface area (Å²) in [7, 11) is 0. The Morgan fingerprint density at radius 2 is 1.60 bits per heavy atom. The summed E-state index contributed by atoms with van der Waals surface area (Å²) in [6.07, 6.45) is 15.8. The number of rotatable bonds is 8. The summed E-state index contributed by atoms with van der Waals surface area (Å²) in [5.41, 5.74) is 6.29. The molecule has 1 rings (SSSR count). The van der Waals surface area contributed by atoms with Gasteiger partial charge in [-0.1, -0.05) is 45.4 Å². The fourth-order valence-electron chi connectivity index (χ4n) is 3.12. The number of nitrogens with two attached hydrogens (primary N) is 1. The molecule has 0 amide bonds. The highest BCUT2D eigenvalue weighted by Gasteiger charge is 2.32. The molecule has 1 heteroatoms. The van der Waals surface area contributed by atoms with Crippen molar-refractivity contribution >= 4 is 0 Å². The Hall–Kier alpha value is -0.0400. The lowest BCUT2D eigenvalue weighted by Gasteiger charge is -2.29. The minimum atomic E-state index is 0.755. The minimum absolute atomic E-state index is 0.755. The molecule has 1 aliphatic carbocycles. The van der Waals surface area contributed by atoms with Crippen molar-refractivity contribution < 1.29 is 0 Å². The lowest BCUT2D eigenvalue weighted by Crippen LogP contribution is -2.16. The first-order valence-electron chi connectivity index (χ1n) is 7.03. The standard InChI is InChI=1S/C14H29N/c1-2-3-9-14(11-6-7-12-14)10-5-4-8-13-15/h2-13,15H2,1H3. The summed E-state index contributed by atoms with van der Waals surface area (Å²) in [5.74, 6) is 0. The first kappa shape index (κ1) is 13.0. The number of unbranched alkanes of at least 4 members (excludes halogenated alkanes) is 3. The van der Waals surface area contributed by atoms with E-state index in [-0.39, 0.29) is 0 Å². The second-order valence-electron chi connectivity index (χ2n) is 5.41. The van der Waals surface area contributed by atoms with Gasteiger partial charge in [0.1, 0.15) is 0 Å². The summed E-state index contributed by atoms with van der Waals surface area (Å²) in [6, 6.07) is 0. The average Bonchev–Trinajstić information content (AvgIpc) is 2.71. The van der Waals surface area contributed by atoms with Gasteiger partial charge in [0, 0.05) is 0 Å². The van der Waals surface area contributed by atoms with Crippen molar-refractivity contribution in [2.24, 2.45) is 11.1 Å². The second-order valence-corrected chi connectivity index (χ2v) is 5.41. The molecule has 90 valence electrons. The van der Waals surface area contributed by atoms with Gasteiger partial charge in [0.05, 0.1) is 0 Å². The molecule has 1 nitrogen and oxygen atoms in total. The van der Waals surface area contributed by atoms with Crippen LogP contribution >= 0.6 is 0 Å². The topological polar surface area (TPSA) is 26.0 Å². The Bertz CT molecular complexity index is 147. The van der Waals surface area contributed by atoms with Crippen LogP contribution in [0.3, 0.4) is 0 Å². The largest absolute Gasteiger partial charge is 0.330 e. The average molecular weight is 211 g/mol. The Morgan fingerprint density at radius 3 is 2.20 bits per heavy atom. The van der Waals surface area contributed by atoms with Crippen LogP contribution in [0.1, 0.15) is 77.6 Å². The molecule has 0 heterocycles. The van der Waals surface area contributed by atoms with E-state index >= 15 is 0 Å². The summed E-state index contributed by atoms with van der Waals surface area (Å²) in [6.45, 7) is 3.19. The Morgan fingerprint density at radius 1 is 0.933 bits per heavy atom. The highest BCUT2D eigenvalue weighted by molar-refractivity contribution is 4.84. The maximum atomic E-state index is 5.54. The molecule has 0 spiro atoms. The second kappa shape index (κ2) is 7.27. The van der Waals surface area contributed by atoms with E-state index in [0.29, 0.717) is 0 Å². The van der Waals surface area contributed by atoms with Crippen LogP contribution in [0.4, 0.5) is 0 Å². The monoisotopic (exact) mass is 211 g/mol. The van der Waals surface area contributed by atoms with E-state index in [0.717, 1.165) is 12.0 Å². The first-order chi connectivity index (χ1) is 7.33. The van der Waals surface area contributed by atoms with Crippen molar-refractivity contribution in [3.63, 3.8) is 0 Å². The molecule has 0 unspecified atom stereocenters. The van der Waals surface area contributed by atoms with E-state index in [9.17, 15) is 0 Å². The molecule has 0 aliphatic heterocycles. The molecule has 1 aliphatic rings. The van der Waals surface area contributed by atoms with Crippen molar-refractivity contribution in [2.45, 2.75) is 77.6 Å². The van der Waals surface area contributed by atoms with Crippen molar-refractivity contribution in [1.29, 1.82) is 0 Å². The molecule has 1 fully saturated rings. The van der Waals surface area contributed by atoms with E-state index < -0.39 is 0 Å². The SMILES string of the molecule is CCCCC1(CCCCCN)CCCC1. The zero-order valence-electron chi connectivity index (χ0n) is 10.6. The van der Waals surface area contributed by atoms with Crippen LogP contribution in [0.25, 0.3) is 0 Å². The summed E-state index contributed by atoms with van der Waals surface area (Å²) < 4.78 is 0. The first-order valence-corrected chi connectivity index (χ1v) is 7.03. The molecule has 2 N–H and O–H groups in total. The third kappa shape index (κ3) is 4.55. The molecular weight excluding hydrogens is 182 g/mol. The van der Waals surface area contributed by atoms with Gasteiger partial charge in [-0.25, -0.2) is 0 Å². The van der Waals surface area contributed by atoms with Crippen LogP contribution < -0.4 is 5.73 Å². The normalized spacial score (nSPS) is 19.6. The summed E-state index contributed by atoms with van der Waals surface area (Å²) in [4.78, 5) is 0. The van der Waals surface area contributed by atoms with Crippen molar-refractivity contribution in [1.82, 2.24) is 0 Å². The van der Waals surface area contributed by atoms with Crippen molar-refractivity contribution in [3.05, 3.63) is 0 Å². The minimum Gasteiger partial charge on any atom is -0.330 e. The van der Waals surface area contributed by atoms with Gasteiger partial charge in [0.2, 0.25) is 0 Å². The fourth-order valence-corrected chi connectivity index (χ4v) is 3.12. The summed E-state index contributed by atoms with van der Waals surface area (Å²) in [5, 5.41) is 0. The maximum Gasteiger partial charge on any atom is -0.00773 e. The van der Waals surface area contributed by atoms with Gasteiger partial charge in [-0.05, 0) is 44.1 Å². The lowest BCUT2D eigenvalue weighted by molar-refractivity contribution is 0.232. The van der Waals surface area contributed by atoms with Crippen LogP contribution in [0, 0.1) is 5.41 Å². The number of hydrogen-bond donors (Lipinski definition) is 1. The van der Waals surface area contributed by atoms with Gasteiger partial charge < -0.3 is 5.73 Å². The van der Waals surface area contributed by atoms with Crippen molar-refractivity contribution in [3.8, 4) is 0 Å². The van der Waals surface area contributed by atoms with Gasteiger partial charge in [-0.3, -0.25) is 0 Å². The zero-order chi connectivity index (χ0) is 11.0. The molecule has 0 aromatic carbocycles. The van der Waals surface area contributed by atoms with E-state index in [2.05, 4.69) is 6.92 Å². The maximum absolute atomic E-state index is 5.54. The Balaban J connectivity index is 2.23. The smallest absolute Gasteiger partial charge is 0.00773 e. The van der Waals surface area contributed by atoms with E-state index in [1.54, 1.807) is 0 Å².